The summed E-state index contributed by atoms with van der Waals surface area (Å²) in [7, 11) is 3.62. The lowest BCUT2D eigenvalue weighted by molar-refractivity contribution is -0.261. The van der Waals surface area contributed by atoms with Crippen LogP contribution in [0.5, 0.6) is 0 Å². The van der Waals surface area contributed by atoms with Crippen LogP contribution in [0.1, 0.15) is 71.6 Å². The van der Waals surface area contributed by atoms with Gasteiger partial charge in [-0.25, -0.2) is 0 Å². The van der Waals surface area contributed by atoms with E-state index >= 15 is 0 Å². The van der Waals surface area contributed by atoms with E-state index in [1.165, 1.54) is 38.5 Å². The van der Waals surface area contributed by atoms with Crippen molar-refractivity contribution in [3.8, 4) is 0 Å². The molecule has 4 fully saturated rings. The van der Waals surface area contributed by atoms with E-state index in [1.807, 2.05) is 14.2 Å². The highest BCUT2D eigenvalue weighted by molar-refractivity contribution is 5.10. The highest BCUT2D eigenvalue weighted by Gasteiger charge is 2.61. The molecule has 0 amide bonds. The van der Waals surface area contributed by atoms with Gasteiger partial charge in [-0.1, -0.05) is 13.8 Å². The standard InChI is InChI=1S/C21H36O3/c1-19-11-12-21(23-3,24-4)13-14(19)5-6-15-16-7-8-18(22)20(16,2)10-9-17(15)19/h14-18,22H,5-13H2,1-4H3/t14-,15-,16+,17+,18-,19-,20-/m0/s1. The normalized spacial score (nSPS) is 53.1. The van der Waals surface area contributed by atoms with Crippen molar-refractivity contribution in [3.63, 3.8) is 0 Å². The predicted octanol–water partition coefficient (Wildman–Crippen LogP) is 4.38. The third-order valence-electron chi connectivity index (χ3n) is 9.36. The SMILES string of the molecule is COC1(OC)CC[C@@]2(C)[C@@H](CC[C@@H]3[C@H]2CC[C@@]2(C)[C@@H]3CC[C@@H]2O)C1. The Bertz CT molecular complexity index is 487. The third-order valence-corrected chi connectivity index (χ3v) is 9.36. The highest BCUT2D eigenvalue weighted by atomic mass is 16.7. The number of hydrogen-bond acceptors (Lipinski definition) is 3. The Kier molecular flexibility index (Phi) is 4.10. The second-order valence-electron chi connectivity index (χ2n) is 9.82. The number of hydrogen-bond donors (Lipinski definition) is 1. The van der Waals surface area contributed by atoms with Crippen molar-refractivity contribution < 1.29 is 14.6 Å². The maximum atomic E-state index is 10.6. The van der Waals surface area contributed by atoms with Gasteiger partial charge in [0.05, 0.1) is 6.10 Å². The fourth-order valence-electron chi connectivity index (χ4n) is 7.62. The summed E-state index contributed by atoms with van der Waals surface area (Å²) in [5.74, 6) is 2.80. The van der Waals surface area contributed by atoms with Crippen LogP contribution in [0.3, 0.4) is 0 Å². The van der Waals surface area contributed by atoms with Crippen molar-refractivity contribution >= 4 is 0 Å². The van der Waals surface area contributed by atoms with Gasteiger partial charge in [0.2, 0.25) is 0 Å². The Morgan fingerprint density at radius 2 is 1.50 bits per heavy atom. The van der Waals surface area contributed by atoms with Gasteiger partial charge >= 0.3 is 0 Å². The number of aliphatic hydroxyl groups excluding tert-OH is 1. The lowest BCUT2D eigenvalue weighted by Crippen LogP contribution is -2.56. The van der Waals surface area contributed by atoms with Crippen molar-refractivity contribution in [1.29, 1.82) is 0 Å². The molecule has 0 heterocycles. The summed E-state index contributed by atoms with van der Waals surface area (Å²) >= 11 is 0. The topological polar surface area (TPSA) is 38.7 Å². The number of rotatable bonds is 2. The minimum atomic E-state index is -0.344. The van der Waals surface area contributed by atoms with Crippen LogP contribution < -0.4 is 0 Å². The van der Waals surface area contributed by atoms with E-state index in [0.29, 0.717) is 5.41 Å². The zero-order valence-corrected chi connectivity index (χ0v) is 16.0. The first-order valence-corrected chi connectivity index (χ1v) is 10.2. The lowest BCUT2D eigenvalue weighted by atomic mass is 9.45. The minimum absolute atomic E-state index is 0.0602. The molecule has 4 rings (SSSR count). The van der Waals surface area contributed by atoms with Crippen LogP contribution in [0.25, 0.3) is 0 Å². The number of methoxy groups -OCH3 is 2. The molecule has 0 spiro atoms. The van der Waals surface area contributed by atoms with Gasteiger partial charge < -0.3 is 14.6 Å². The molecule has 138 valence electrons. The molecule has 0 bridgehead atoms. The van der Waals surface area contributed by atoms with Gasteiger partial charge in [0.1, 0.15) is 0 Å². The van der Waals surface area contributed by atoms with Crippen LogP contribution in [-0.2, 0) is 9.47 Å². The Labute approximate surface area is 147 Å². The summed E-state index contributed by atoms with van der Waals surface area (Å²) in [6.45, 7) is 4.94. The van der Waals surface area contributed by atoms with Gasteiger partial charge in [0.25, 0.3) is 0 Å². The van der Waals surface area contributed by atoms with E-state index in [1.54, 1.807) is 0 Å². The third kappa shape index (κ3) is 2.20. The van der Waals surface area contributed by atoms with Crippen LogP contribution >= 0.6 is 0 Å². The van der Waals surface area contributed by atoms with Crippen molar-refractivity contribution in [1.82, 2.24) is 0 Å². The van der Waals surface area contributed by atoms with Gasteiger partial charge in [-0.2, -0.15) is 0 Å². The minimum Gasteiger partial charge on any atom is -0.393 e. The Balaban J connectivity index is 1.59. The first-order chi connectivity index (χ1) is 11.4. The fourth-order valence-corrected chi connectivity index (χ4v) is 7.62. The number of aliphatic hydroxyl groups is 1. The summed E-state index contributed by atoms with van der Waals surface area (Å²) in [4.78, 5) is 0. The van der Waals surface area contributed by atoms with E-state index in [4.69, 9.17) is 9.47 Å². The van der Waals surface area contributed by atoms with Crippen molar-refractivity contribution in [3.05, 3.63) is 0 Å². The van der Waals surface area contributed by atoms with Crippen molar-refractivity contribution in [2.45, 2.75) is 83.5 Å². The summed E-state index contributed by atoms with van der Waals surface area (Å²) in [6, 6.07) is 0. The molecule has 0 unspecified atom stereocenters. The van der Waals surface area contributed by atoms with E-state index in [2.05, 4.69) is 13.8 Å². The average Bonchev–Trinajstić information content (AvgIpc) is 2.90. The molecule has 3 heteroatoms. The smallest absolute Gasteiger partial charge is 0.167 e. The molecular weight excluding hydrogens is 300 g/mol. The van der Waals surface area contributed by atoms with Crippen LogP contribution in [0.2, 0.25) is 0 Å². The molecule has 4 aliphatic carbocycles. The van der Waals surface area contributed by atoms with Crippen LogP contribution in [0.15, 0.2) is 0 Å². The molecule has 4 saturated carbocycles. The van der Waals surface area contributed by atoms with Crippen LogP contribution in [0.4, 0.5) is 0 Å². The highest BCUT2D eigenvalue weighted by Crippen LogP contribution is 2.67. The molecule has 0 aromatic carbocycles. The molecule has 0 aromatic rings. The van der Waals surface area contributed by atoms with Gasteiger partial charge in [0, 0.05) is 27.1 Å². The monoisotopic (exact) mass is 336 g/mol. The van der Waals surface area contributed by atoms with Gasteiger partial charge in [-0.05, 0) is 79.4 Å². The zero-order valence-electron chi connectivity index (χ0n) is 16.0. The second kappa shape index (κ2) is 5.69. The largest absolute Gasteiger partial charge is 0.393 e. The number of fused-ring (bicyclic) bond motifs is 5. The second-order valence-corrected chi connectivity index (χ2v) is 9.82. The molecular formula is C21H36O3. The Morgan fingerprint density at radius 1 is 0.792 bits per heavy atom. The molecule has 0 aliphatic heterocycles. The molecule has 24 heavy (non-hydrogen) atoms. The summed E-state index contributed by atoms with van der Waals surface area (Å²) in [5, 5.41) is 10.6. The maximum Gasteiger partial charge on any atom is 0.167 e. The van der Waals surface area contributed by atoms with E-state index in [9.17, 15) is 5.11 Å². The van der Waals surface area contributed by atoms with Gasteiger partial charge in [-0.15, -0.1) is 0 Å². The molecule has 1 N–H and O–H groups in total. The summed E-state index contributed by atoms with van der Waals surface area (Å²) in [5.41, 5.74) is 0.639. The summed E-state index contributed by atoms with van der Waals surface area (Å²) in [6.07, 6.45) is 10.7. The Morgan fingerprint density at radius 3 is 2.21 bits per heavy atom. The molecule has 4 aliphatic rings. The molecule has 0 saturated heterocycles. The van der Waals surface area contributed by atoms with Gasteiger partial charge in [-0.3, -0.25) is 0 Å². The average molecular weight is 337 g/mol. The van der Waals surface area contributed by atoms with Crippen molar-refractivity contribution in [2.75, 3.05) is 14.2 Å². The molecule has 0 aromatic heterocycles. The molecule has 3 nitrogen and oxygen atoms in total. The van der Waals surface area contributed by atoms with Gasteiger partial charge in [0.15, 0.2) is 5.79 Å². The van der Waals surface area contributed by atoms with Crippen LogP contribution in [-0.4, -0.2) is 31.2 Å². The van der Waals surface area contributed by atoms with Crippen LogP contribution in [0, 0.1) is 34.5 Å². The first kappa shape index (κ1) is 17.3. The molecule has 0 radical (unpaired) electrons. The molecule has 7 atom stereocenters. The summed E-state index contributed by atoms with van der Waals surface area (Å²) < 4.78 is 11.6. The van der Waals surface area contributed by atoms with E-state index in [-0.39, 0.29) is 17.3 Å². The zero-order chi connectivity index (χ0) is 17.2. The first-order valence-electron chi connectivity index (χ1n) is 10.2. The fraction of sp³-hybridized carbons (Fsp3) is 1.00. The van der Waals surface area contributed by atoms with E-state index in [0.717, 1.165) is 42.9 Å². The Hall–Kier alpha value is -0.120. The lowest BCUT2D eigenvalue weighted by Gasteiger charge is -2.61. The number of ether oxygens (including phenoxy) is 2. The van der Waals surface area contributed by atoms with Crippen molar-refractivity contribution in [2.24, 2.45) is 34.5 Å². The quantitative estimate of drug-likeness (QED) is 0.761. The predicted molar refractivity (Wildman–Crippen MR) is 94.5 cm³/mol. The van der Waals surface area contributed by atoms with E-state index < -0.39 is 0 Å². The maximum absolute atomic E-state index is 10.6.